The number of aromatic nitrogens is 1. The SMILES string of the molecule is CCOC(C)(C)CNCc1nc(C)cs1. The van der Waals surface area contributed by atoms with Gasteiger partial charge in [0.2, 0.25) is 0 Å². The van der Waals surface area contributed by atoms with Gasteiger partial charge >= 0.3 is 0 Å². The van der Waals surface area contributed by atoms with Gasteiger partial charge in [-0.05, 0) is 27.7 Å². The number of hydrogen-bond donors (Lipinski definition) is 1. The molecule has 0 aromatic carbocycles. The molecule has 0 radical (unpaired) electrons. The van der Waals surface area contributed by atoms with E-state index < -0.39 is 0 Å². The maximum Gasteiger partial charge on any atom is 0.107 e. The molecule has 0 aliphatic rings. The van der Waals surface area contributed by atoms with Crippen LogP contribution < -0.4 is 5.32 Å². The van der Waals surface area contributed by atoms with E-state index in [9.17, 15) is 0 Å². The Hall–Kier alpha value is -0.450. The molecule has 4 heteroatoms. The number of nitrogens with zero attached hydrogens (tertiary/aromatic N) is 1. The second-order valence-electron chi connectivity index (χ2n) is 4.18. The van der Waals surface area contributed by atoms with E-state index in [2.05, 4.69) is 29.5 Å². The van der Waals surface area contributed by atoms with Gasteiger partial charge in [-0.15, -0.1) is 11.3 Å². The van der Waals surface area contributed by atoms with Crippen LogP contribution in [-0.4, -0.2) is 23.7 Å². The fraction of sp³-hybridized carbons (Fsp3) is 0.727. The van der Waals surface area contributed by atoms with E-state index in [1.54, 1.807) is 11.3 Å². The Kier molecular flexibility index (Phi) is 4.70. The van der Waals surface area contributed by atoms with Crippen LogP contribution >= 0.6 is 11.3 Å². The lowest BCUT2D eigenvalue weighted by atomic mass is 10.1. The fourth-order valence-corrected chi connectivity index (χ4v) is 2.14. The highest BCUT2D eigenvalue weighted by Crippen LogP contribution is 2.10. The summed E-state index contributed by atoms with van der Waals surface area (Å²) >= 11 is 1.70. The van der Waals surface area contributed by atoms with Crippen LogP contribution in [0.15, 0.2) is 5.38 Å². The Morgan fingerprint density at radius 1 is 1.53 bits per heavy atom. The number of hydrogen-bond acceptors (Lipinski definition) is 4. The van der Waals surface area contributed by atoms with Gasteiger partial charge in [-0.3, -0.25) is 0 Å². The van der Waals surface area contributed by atoms with Gasteiger partial charge in [0.05, 0.1) is 5.60 Å². The summed E-state index contributed by atoms with van der Waals surface area (Å²) in [6.07, 6.45) is 0. The molecule has 0 spiro atoms. The molecule has 1 heterocycles. The summed E-state index contributed by atoms with van der Waals surface area (Å²) < 4.78 is 5.59. The first kappa shape index (κ1) is 12.6. The molecule has 0 fully saturated rings. The molecular weight excluding hydrogens is 208 g/mol. The minimum absolute atomic E-state index is 0.0962. The average molecular weight is 228 g/mol. The van der Waals surface area contributed by atoms with Crippen LogP contribution in [0, 0.1) is 6.92 Å². The second-order valence-corrected chi connectivity index (χ2v) is 5.12. The zero-order valence-electron chi connectivity index (χ0n) is 9.96. The number of ether oxygens (including phenoxy) is 1. The molecule has 86 valence electrons. The van der Waals surface area contributed by atoms with E-state index in [-0.39, 0.29) is 5.60 Å². The van der Waals surface area contributed by atoms with Crippen molar-refractivity contribution in [2.75, 3.05) is 13.2 Å². The molecule has 0 unspecified atom stereocenters. The Morgan fingerprint density at radius 2 is 2.27 bits per heavy atom. The van der Waals surface area contributed by atoms with Crippen LogP contribution in [0.25, 0.3) is 0 Å². The molecular formula is C11H20N2OS. The lowest BCUT2D eigenvalue weighted by Crippen LogP contribution is -2.37. The van der Waals surface area contributed by atoms with Crippen LogP contribution in [0.3, 0.4) is 0 Å². The number of aryl methyl sites for hydroxylation is 1. The fourth-order valence-electron chi connectivity index (χ4n) is 1.40. The van der Waals surface area contributed by atoms with Crippen molar-refractivity contribution in [3.63, 3.8) is 0 Å². The minimum Gasteiger partial charge on any atom is -0.375 e. The van der Waals surface area contributed by atoms with Crippen molar-refractivity contribution >= 4 is 11.3 Å². The summed E-state index contributed by atoms with van der Waals surface area (Å²) in [6.45, 7) is 10.7. The first-order valence-corrected chi connectivity index (χ1v) is 6.17. The molecule has 15 heavy (non-hydrogen) atoms. The number of thiazole rings is 1. The third-order valence-electron chi connectivity index (χ3n) is 2.03. The van der Waals surface area contributed by atoms with Gasteiger partial charge < -0.3 is 10.1 Å². The molecule has 3 nitrogen and oxygen atoms in total. The Bertz CT molecular complexity index is 297. The lowest BCUT2D eigenvalue weighted by molar-refractivity contribution is -0.00897. The van der Waals surface area contributed by atoms with Gasteiger partial charge in [0.15, 0.2) is 0 Å². The molecule has 1 rings (SSSR count). The highest BCUT2D eigenvalue weighted by Gasteiger charge is 2.16. The van der Waals surface area contributed by atoms with E-state index in [1.807, 2.05) is 13.8 Å². The molecule has 0 aliphatic carbocycles. The monoisotopic (exact) mass is 228 g/mol. The summed E-state index contributed by atoms with van der Waals surface area (Å²) in [4.78, 5) is 4.39. The van der Waals surface area contributed by atoms with Gasteiger partial charge in [0.1, 0.15) is 5.01 Å². The molecule has 0 saturated carbocycles. The van der Waals surface area contributed by atoms with E-state index >= 15 is 0 Å². The van der Waals surface area contributed by atoms with Crippen LogP contribution in [0.5, 0.6) is 0 Å². The first-order chi connectivity index (χ1) is 7.03. The van der Waals surface area contributed by atoms with E-state index in [0.29, 0.717) is 0 Å². The van der Waals surface area contributed by atoms with Crippen molar-refractivity contribution < 1.29 is 4.74 Å². The van der Waals surface area contributed by atoms with Crippen LogP contribution in [-0.2, 0) is 11.3 Å². The molecule has 1 aromatic heterocycles. The standard InChI is InChI=1S/C11H20N2OS/c1-5-14-11(3,4)8-12-6-10-13-9(2)7-15-10/h7,12H,5-6,8H2,1-4H3. The normalized spacial score (nSPS) is 12.0. The van der Waals surface area contributed by atoms with Crippen molar-refractivity contribution in [2.24, 2.45) is 0 Å². The lowest BCUT2D eigenvalue weighted by Gasteiger charge is -2.24. The van der Waals surface area contributed by atoms with E-state index in [0.717, 1.165) is 30.4 Å². The van der Waals surface area contributed by atoms with E-state index in [4.69, 9.17) is 4.74 Å². The molecule has 0 atom stereocenters. The predicted octanol–water partition coefficient (Wildman–Crippen LogP) is 2.36. The quantitative estimate of drug-likeness (QED) is 0.811. The van der Waals surface area contributed by atoms with Crippen LogP contribution in [0.4, 0.5) is 0 Å². The third kappa shape index (κ3) is 4.73. The highest BCUT2D eigenvalue weighted by molar-refractivity contribution is 7.09. The number of nitrogens with one attached hydrogen (secondary N) is 1. The van der Waals surface area contributed by atoms with Crippen molar-refractivity contribution in [2.45, 2.75) is 39.8 Å². The van der Waals surface area contributed by atoms with Gasteiger partial charge in [-0.2, -0.15) is 0 Å². The minimum atomic E-state index is -0.0962. The highest BCUT2D eigenvalue weighted by atomic mass is 32.1. The molecule has 0 aliphatic heterocycles. The summed E-state index contributed by atoms with van der Waals surface area (Å²) in [6, 6.07) is 0. The zero-order chi connectivity index (χ0) is 11.3. The summed E-state index contributed by atoms with van der Waals surface area (Å²) in [7, 11) is 0. The first-order valence-electron chi connectivity index (χ1n) is 5.29. The maximum absolute atomic E-state index is 5.59. The Morgan fingerprint density at radius 3 is 2.80 bits per heavy atom. The van der Waals surface area contributed by atoms with Gasteiger partial charge in [-0.1, -0.05) is 0 Å². The molecule has 0 saturated heterocycles. The van der Waals surface area contributed by atoms with Gasteiger partial charge in [-0.25, -0.2) is 4.98 Å². The Balaban J connectivity index is 2.27. The smallest absolute Gasteiger partial charge is 0.107 e. The zero-order valence-corrected chi connectivity index (χ0v) is 10.8. The largest absolute Gasteiger partial charge is 0.375 e. The summed E-state index contributed by atoms with van der Waals surface area (Å²) in [5.41, 5.74) is 1.00. The summed E-state index contributed by atoms with van der Waals surface area (Å²) in [5.74, 6) is 0. The average Bonchev–Trinajstić information content (AvgIpc) is 2.51. The van der Waals surface area contributed by atoms with Gasteiger partial charge in [0.25, 0.3) is 0 Å². The Labute approximate surface area is 95.9 Å². The topological polar surface area (TPSA) is 34.1 Å². The van der Waals surface area contributed by atoms with Crippen molar-refractivity contribution in [3.05, 3.63) is 16.1 Å². The van der Waals surface area contributed by atoms with E-state index in [1.165, 1.54) is 0 Å². The molecule has 1 aromatic rings. The third-order valence-corrected chi connectivity index (χ3v) is 3.00. The van der Waals surface area contributed by atoms with Crippen LogP contribution in [0.2, 0.25) is 0 Å². The second kappa shape index (κ2) is 5.58. The number of rotatable bonds is 6. The summed E-state index contributed by atoms with van der Waals surface area (Å²) in [5, 5.41) is 6.58. The van der Waals surface area contributed by atoms with Gasteiger partial charge in [0, 0.05) is 30.8 Å². The maximum atomic E-state index is 5.59. The molecule has 1 N–H and O–H groups in total. The van der Waals surface area contributed by atoms with Crippen molar-refractivity contribution in [1.82, 2.24) is 10.3 Å². The van der Waals surface area contributed by atoms with Crippen LogP contribution in [0.1, 0.15) is 31.5 Å². The molecule has 0 bridgehead atoms. The van der Waals surface area contributed by atoms with Crippen molar-refractivity contribution in [1.29, 1.82) is 0 Å². The predicted molar refractivity (Wildman–Crippen MR) is 64.3 cm³/mol. The van der Waals surface area contributed by atoms with Crippen molar-refractivity contribution in [3.8, 4) is 0 Å². The molecule has 0 amide bonds.